The summed E-state index contributed by atoms with van der Waals surface area (Å²) in [5, 5.41) is 10.6. The van der Waals surface area contributed by atoms with Crippen molar-refractivity contribution < 1.29 is 14.3 Å². The van der Waals surface area contributed by atoms with Gasteiger partial charge in [0.15, 0.2) is 0 Å². The first-order valence-electron chi connectivity index (χ1n) is 12.1. The number of ether oxygens (including phenoxy) is 1. The zero-order valence-corrected chi connectivity index (χ0v) is 20.5. The maximum absolute atomic E-state index is 12.5. The Morgan fingerprint density at radius 3 is 2.49 bits per heavy atom. The lowest BCUT2D eigenvalue weighted by molar-refractivity contribution is 0.0526. The highest BCUT2D eigenvalue weighted by atomic mass is 16.5. The minimum atomic E-state index is -0.402. The van der Waals surface area contributed by atoms with Crippen molar-refractivity contribution in [2.24, 2.45) is 0 Å². The molecule has 0 saturated heterocycles. The molecule has 1 saturated carbocycles. The first kappa shape index (κ1) is 24.3. The van der Waals surface area contributed by atoms with Gasteiger partial charge in [0, 0.05) is 49.0 Å². The van der Waals surface area contributed by atoms with E-state index in [-0.39, 0.29) is 12.1 Å². The number of amides is 2. The monoisotopic (exact) mass is 475 g/mol. The average Bonchev–Trinajstić information content (AvgIpc) is 2.85. The van der Waals surface area contributed by atoms with Crippen molar-refractivity contribution in [3.05, 3.63) is 60.2 Å². The van der Waals surface area contributed by atoms with E-state index in [2.05, 4.69) is 33.0 Å². The van der Waals surface area contributed by atoms with Gasteiger partial charge in [-0.25, -0.2) is 14.6 Å². The Kier molecular flexibility index (Phi) is 7.70. The van der Waals surface area contributed by atoms with E-state index in [1.165, 1.54) is 0 Å². The fourth-order valence-corrected chi connectivity index (χ4v) is 4.48. The van der Waals surface area contributed by atoms with E-state index in [1.54, 1.807) is 31.2 Å². The summed E-state index contributed by atoms with van der Waals surface area (Å²) < 4.78 is 5.02. The molecule has 2 aromatic carbocycles. The first-order valence-corrected chi connectivity index (χ1v) is 12.1. The molecule has 2 amide bonds. The summed E-state index contributed by atoms with van der Waals surface area (Å²) in [4.78, 5) is 31.3. The average molecular weight is 476 g/mol. The third-order valence-corrected chi connectivity index (χ3v) is 6.22. The highest BCUT2D eigenvalue weighted by molar-refractivity contribution is 5.94. The third kappa shape index (κ3) is 6.20. The molecular weight excluding hydrogens is 442 g/mol. The molecule has 3 aromatic rings. The Morgan fingerprint density at radius 1 is 1.00 bits per heavy atom. The van der Waals surface area contributed by atoms with E-state index in [4.69, 9.17) is 9.72 Å². The number of fused-ring (bicyclic) bond motifs is 1. The van der Waals surface area contributed by atoms with Gasteiger partial charge in [0.25, 0.3) is 0 Å². The first-order chi connectivity index (χ1) is 16.9. The molecule has 8 heteroatoms. The second-order valence-corrected chi connectivity index (χ2v) is 9.03. The SMILES string of the molecule is CCOC(=O)c1cccc(NC(=O)N[C@H]2CC[C@@H](Nc3cc(N(C)C)c4ccccc4n3)CC2)c1. The maximum atomic E-state index is 12.5. The molecule has 0 unspecified atom stereocenters. The van der Waals surface area contributed by atoms with Crippen molar-refractivity contribution in [1.29, 1.82) is 0 Å². The predicted octanol–water partition coefficient (Wildman–Crippen LogP) is 5.02. The number of aromatic nitrogens is 1. The van der Waals surface area contributed by atoms with Gasteiger partial charge in [0.1, 0.15) is 5.82 Å². The van der Waals surface area contributed by atoms with E-state index in [1.807, 2.05) is 32.3 Å². The summed E-state index contributed by atoms with van der Waals surface area (Å²) in [6.45, 7) is 2.07. The molecule has 1 aliphatic rings. The smallest absolute Gasteiger partial charge is 0.338 e. The van der Waals surface area contributed by atoms with Crippen LogP contribution in [-0.4, -0.2) is 49.8 Å². The Morgan fingerprint density at radius 2 is 1.74 bits per heavy atom. The number of rotatable bonds is 7. The van der Waals surface area contributed by atoms with Gasteiger partial charge in [-0.15, -0.1) is 0 Å². The number of para-hydroxylation sites is 1. The summed E-state index contributed by atoms with van der Waals surface area (Å²) in [5.74, 6) is 0.476. The number of benzene rings is 2. The number of carbonyl (C=O) groups excluding carboxylic acids is 2. The number of nitrogens with one attached hydrogen (secondary N) is 3. The summed E-state index contributed by atoms with van der Waals surface area (Å²) in [6, 6.07) is 17.2. The lowest BCUT2D eigenvalue weighted by atomic mass is 9.91. The van der Waals surface area contributed by atoms with Crippen molar-refractivity contribution in [1.82, 2.24) is 10.3 Å². The van der Waals surface area contributed by atoms with Crippen LogP contribution in [0.5, 0.6) is 0 Å². The van der Waals surface area contributed by atoms with Gasteiger partial charge >= 0.3 is 12.0 Å². The molecule has 1 fully saturated rings. The number of pyridine rings is 1. The van der Waals surface area contributed by atoms with Crippen LogP contribution in [0.1, 0.15) is 43.0 Å². The van der Waals surface area contributed by atoms with Crippen molar-refractivity contribution in [3.63, 3.8) is 0 Å². The molecule has 0 atom stereocenters. The molecule has 1 aromatic heterocycles. The molecule has 0 spiro atoms. The Balaban J connectivity index is 1.30. The zero-order chi connectivity index (χ0) is 24.8. The molecule has 8 nitrogen and oxygen atoms in total. The Labute approximate surface area is 206 Å². The highest BCUT2D eigenvalue weighted by Gasteiger charge is 2.23. The standard InChI is InChI=1S/C27H33N5O3/c1-4-35-26(33)18-8-7-9-21(16-18)30-27(34)29-20-14-12-19(13-15-20)28-25-17-24(32(2)3)22-10-5-6-11-23(22)31-25/h5-11,16-17,19-20H,4,12-15H2,1-3H3,(H,28,31)(H2,29,30,34)/t19-,20+. The van der Waals surface area contributed by atoms with Gasteiger partial charge in [-0.1, -0.05) is 24.3 Å². The number of nitrogens with zero attached hydrogens (tertiary/aromatic N) is 2. The van der Waals surface area contributed by atoms with Crippen molar-refractivity contribution in [2.45, 2.75) is 44.7 Å². The lowest BCUT2D eigenvalue weighted by Gasteiger charge is -2.30. The van der Waals surface area contributed by atoms with Crippen LogP contribution >= 0.6 is 0 Å². The normalized spacial score (nSPS) is 17.5. The van der Waals surface area contributed by atoms with Crippen molar-refractivity contribution in [3.8, 4) is 0 Å². The van der Waals surface area contributed by atoms with Crippen molar-refractivity contribution in [2.75, 3.05) is 36.2 Å². The van der Waals surface area contributed by atoms with Gasteiger partial charge in [-0.05, 0) is 56.9 Å². The van der Waals surface area contributed by atoms with Crippen LogP contribution in [0.4, 0.5) is 22.0 Å². The van der Waals surface area contributed by atoms with Crippen LogP contribution in [0.2, 0.25) is 0 Å². The minimum Gasteiger partial charge on any atom is -0.462 e. The van der Waals surface area contributed by atoms with Gasteiger partial charge in [0.05, 0.1) is 17.7 Å². The number of carbonyl (C=O) groups is 2. The van der Waals surface area contributed by atoms with Crippen LogP contribution in [0, 0.1) is 0 Å². The molecule has 35 heavy (non-hydrogen) atoms. The van der Waals surface area contributed by atoms with E-state index in [9.17, 15) is 9.59 Å². The minimum absolute atomic E-state index is 0.100. The maximum Gasteiger partial charge on any atom is 0.338 e. The molecule has 0 radical (unpaired) electrons. The fourth-order valence-electron chi connectivity index (χ4n) is 4.48. The van der Waals surface area contributed by atoms with Crippen LogP contribution in [0.25, 0.3) is 10.9 Å². The van der Waals surface area contributed by atoms with Gasteiger partial charge < -0.3 is 25.6 Å². The van der Waals surface area contributed by atoms with Crippen molar-refractivity contribution >= 4 is 40.1 Å². The second kappa shape index (κ2) is 11.1. The van der Waals surface area contributed by atoms with Crippen LogP contribution in [-0.2, 0) is 4.74 Å². The number of hydrogen-bond donors (Lipinski definition) is 3. The van der Waals surface area contributed by atoms with Gasteiger partial charge in [0.2, 0.25) is 0 Å². The van der Waals surface area contributed by atoms with E-state index in [0.29, 0.717) is 23.9 Å². The predicted molar refractivity (Wildman–Crippen MR) is 140 cm³/mol. The number of hydrogen-bond acceptors (Lipinski definition) is 6. The molecular formula is C27H33N5O3. The molecule has 0 aliphatic heterocycles. The Bertz CT molecular complexity index is 1190. The van der Waals surface area contributed by atoms with Gasteiger partial charge in [-0.3, -0.25) is 0 Å². The van der Waals surface area contributed by atoms with E-state index in [0.717, 1.165) is 48.1 Å². The zero-order valence-electron chi connectivity index (χ0n) is 20.5. The third-order valence-electron chi connectivity index (χ3n) is 6.22. The second-order valence-electron chi connectivity index (χ2n) is 9.03. The lowest BCUT2D eigenvalue weighted by Crippen LogP contribution is -2.42. The molecule has 1 aliphatic carbocycles. The largest absolute Gasteiger partial charge is 0.462 e. The van der Waals surface area contributed by atoms with Crippen LogP contribution < -0.4 is 20.9 Å². The summed E-state index contributed by atoms with van der Waals surface area (Å²) in [5.41, 5.74) is 3.08. The van der Waals surface area contributed by atoms with Crippen LogP contribution in [0.15, 0.2) is 54.6 Å². The fraction of sp³-hybridized carbons (Fsp3) is 0.370. The number of esters is 1. The molecule has 1 heterocycles. The molecule has 0 bridgehead atoms. The van der Waals surface area contributed by atoms with Crippen LogP contribution in [0.3, 0.4) is 0 Å². The number of anilines is 3. The van der Waals surface area contributed by atoms with E-state index < -0.39 is 5.97 Å². The molecule has 3 N–H and O–H groups in total. The molecule has 184 valence electrons. The summed E-state index contributed by atoms with van der Waals surface area (Å²) >= 11 is 0. The Hall–Kier alpha value is -3.81. The number of urea groups is 1. The highest BCUT2D eigenvalue weighted by Crippen LogP contribution is 2.29. The summed E-state index contributed by atoms with van der Waals surface area (Å²) in [6.07, 6.45) is 3.63. The van der Waals surface area contributed by atoms with Gasteiger partial charge in [-0.2, -0.15) is 0 Å². The van der Waals surface area contributed by atoms with E-state index >= 15 is 0 Å². The summed E-state index contributed by atoms with van der Waals surface area (Å²) in [7, 11) is 4.08. The quantitative estimate of drug-likeness (QED) is 0.415. The molecule has 4 rings (SSSR count). The topological polar surface area (TPSA) is 95.6 Å².